The number of hydrogen-bond donors (Lipinski definition) is 0. The molecule has 19 heavy (non-hydrogen) atoms. The minimum absolute atomic E-state index is 0.0922. The van der Waals surface area contributed by atoms with Gasteiger partial charge in [-0.2, -0.15) is 0 Å². The predicted octanol–water partition coefficient (Wildman–Crippen LogP) is 1.10. The second-order valence-corrected chi connectivity index (χ2v) is 4.67. The van der Waals surface area contributed by atoms with Crippen molar-refractivity contribution in [3.05, 3.63) is 18.2 Å². The van der Waals surface area contributed by atoms with Gasteiger partial charge >= 0.3 is 0 Å². The molecule has 0 spiro atoms. The minimum atomic E-state index is -0.383. The molecule has 0 radical (unpaired) electrons. The van der Waals surface area contributed by atoms with Crippen LogP contribution in [0.5, 0.6) is 11.5 Å². The summed E-state index contributed by atoms with van der Waals surface area (Å²) in [4.78, 5) is 23.9. The van der Waals surface area contributed by atoms with E-state index in [2.05, 4.69) is 0 Å². The molecule has 1 saturated heterocycles. The van der Waals surface area contributed by atoms with Crippen molar-refractivity contribution in [3.63, 3.8) is 0 Å². The van der Waals surface area contributed by atoms with Gasteiger partial charge in [0.15, 0.2) is 0 Å². The summed E-state index contributed by atoms with van der Waals surface area (Å²) in [6, 6.07) is 5.17. The molecule has 1 aliphatic heterocycles. The number of methoxy groups -OCH3 is 2. The van der Waals surface area contributed by atoms with Crippen LogP contribution < -0.4 is 9.47 Å². The van der Waals surface area contributed by atoms with Gasteiger partial charge in [-0.1, -0.05) is 0 Å². The SMILES string of the molecule is COc1ccc(OC)c(SN2C(=O)COCC2=O)c1. The Labute approximate surface area is 114 Å². The fraction of sp³-hybridized carbons (Fsp3) is 0.333. The predicted molar refractivity (Wildman–Crippen MR) is 68.1 cm³/mol. The Bertz CT molecular complexity index is 489. The van der Waals surface area contributed by atoms with E-state index >= 15 is 0 Å². The van der Waals surface area contributed by atoms with Crippen molar-refractivity contribution >= 4 is 23.8 Å². The number of amides is 2. The lowest BCUT2D eigenvalue weighted by atomic mass is 10.3. The van der Waals surface area contributed by atoms with Crippen LogP contribution in [-0.2, 0) is 14.3 Å². The summed E-state index contributed by atoms with van der Waals surface area (Å²) in [5.74, 6) is 0.423. The molecule has 0 aromatic heterocycles. The zero-order valence-corrected chi connectivity index (χ0v) is 11.4. The lowest BCUT2D eigenvalue weighted by Crippen LogP contribution is -2.41. The van der Waals surface area contributed by atoms with Crippen molar-refractivity contribution in [2.24, 2.45) is 0 Å². The average Bonchev–Trinajstić information content (AvgIpc) is 2.42. The Hall–Kier alpha value is -1.73. The van der Waals surface area contributed by atoms with E-state index in [0.717, 1.165) is 16.3 Å². The summed E-state index contributed by atoms with van der Waals surface area (Å²) < 4.78 is 16.3. The molecule has 2 rings (SSSR count). The Morgan fingerprint density at radius 1 is 1.16 bits per heavy atom. The molecule has 7 heteroatoms. The highest BCUT2D eigenvalue weighted by Crippen LogP contribution is 2.35. The average molecular weight is 283 g/mol. The molecule has 102 valence electrons. The van der Waals surface area contributed by atoms with Crippen LogP contribution in [0.25, 0.3) is 0 Å². The second-order valence-electron chi connectivity index (χ2n) is 3.68. The number of hydrogen-bond acceptors (Lipinski definition) is 6. The van der Waals surface area contributed by atoms with Crippen LogP contribution in [0.15, 0.2) is 23.1 Å². The number of carbonyl (C=O) groups is 2. The van der Waals surface area contributed by atoms with Gasteiger partial charge in [0.2, 0.25) is 0 Å². The van der Waals surface area contributed by atoms with E-state index < -0.39 is 0 Å². The summed E-state index contributed by atoms with van der Waals surface area (Å²) in [5, 5.41) is 0. The maximum Gasteiger partial charge on any atom is 0.265 e. The maximum absolute atomic E-state index is 11.7. The monoisotopic (exact) mass is 283 g/mol. The lowest BCUT2D eigenvalue weighted by Gasteiger charge is -2.24. The largest absolute Gasteiger partial charge is 0.497 e. The van der Waals surface area contributed by atoms with E-state index in [1.807, 2.05) is 0 Å². The van der Waals surface area contributed by atoms with Gasteiger partial charge in [0, 0.05) is 11.9 Å². The van der Waals surface area contributed by atoms with Crippen molar-refractivity contribution in [2.75, 3.05) is 27.4 Å². The van der Waals surface area contributed by atoms with Gasteiger partial charge in [0.05, 0.1) is 19.1 Å². The maximum atomic E-state index is 11.7. The van der Waals surface area contributed by atoms with Crippen LogP contribution in [0.4, 0.5) is 0 Å². The molecule has 1 aliphatic rings. The zero-order chi connectivity index (χ0) is 13.8. The molecule has 0 unspecified atom stereocenters. The van der Waals surface area contributed by atoms with Gasteiger partial charge in [0.1, 0.15) is 24.7 Å². The summed E-state index contributed by atoms with van der Waals surface area (Å²) in [6.07, 6.45) is 0. The Kier molecular flexibility index (Phi) is 4.28. The third-order valence-electron chi connectivity index (χ3n) is 2.46. The molecule has 0 N–H and O–H groups in total. The highest BCUT2D eigenvalue weighted by Gasteiger charge is 2.28. The highest BCUT2D eigenvalue weighted by atomic mass is 32.2. The first-order valence-corrected chi connectivity index (χ1v) is 6.26. The molecular formula is C12H13NO5S. The fourth-order valence-electron chi connectivity index (χ4n) is 1.54. The minimum Gasteiger partial charge on any atom is -0.497 e. The van der Waals surface area contributed by atoms with E-state index in [-0.39, 0.29) is 25.0 Å². The zero-order valence-electron chi connectivity index (χ0n) is 10.5. The third-order valence-corrected chi connectivity index (χ3v) is 3.57. The van der Waals surface area contributed by atoms with Gasteiger partial charge in [0.25, 0.3) is 11.8 Å². The Balaban J connectivity index is 2.25. The van der Waals surface area contributed by atoms with Gasteiger partial charge in [-0.3, -0.25) is 9.59 Å². The molecule has 0 bridgehead atoms. The van der Waals surface area contributed by atoms with Crippen LogP contribution in [0.1, 0.15) is 0 Å². The Morgan fingerprint density at radius 2 is 1.84 bits per heavy atom. The fourth-order valence-corrected chi connectivity index (χ4v) is 2.45. The van der Waals surface area contributed by atoms with Crippen molar-refractivity contribution < 1.29 is 23.8 Å². The van der Waals surface area contributed by atoms with Crippen molar-refractivity contribution in [1.82, 2.24) is 4.31 Å². The van der Waals surface area contributed by atoms with Crippen molar-refractivity contribution in [2.45, 2.75) is 4.90 Å². The van der Waals surface area contributed by atoms with E-state index in [9.17, 15) is 9.59 Å². The smallest absolute Gasteiger partial charge is 0.265 e. The second kappa shape index (κ2) is 5.94. The van der Waals surface area contributed by atoms with Gasteiger partial charge in [-0.05, 0) is 18.2 Å². The first-order chi connectivity index (χ1) is 9.15. The summed E-state index contributed by atoms with van der Waals surface area (Å²) >= 11 is 1.01. The number of nitrogens with zero attached hydrogens (tertiary/aromatic N) is 1. The number of benzene rings is 1. The van der Waals surface area contributed by atoms with E-state index in [1.165, 1.54) is 7.11 Å². The quantitative estimate of drug-likeness (QED) is 0.609. The molecule has 0 saturated carbocycles. The molecule has 0 atom stereocenters. The number of morpholine rings is 1. The Morgan fingerprint density at radius 3 is 2.42 bits per heavy atom. The van der Waals surface area contributed by atoms with Crippen LogP contribution >= 0.6 is 11.9 Å². The molecule has 1 fully saturated rings. The van der Waals surface area contributed by atoms with Crippen molar-refractivity contribution in [1.29, 1.82) is 0 Å². The first kappa shape index (κ1) is 13.7. The van der Waals surface area contributed by atoms with Crippen LogP contribution in [0.2, 0.25) is 0 Å². The van der Waals surface area contributed by atoms with Crippen molar-refractivity contribution in [3.8, 4) is 11.5 Å². The number of carbonyl (C=O) groups excluding carboxylic acids is 2. The van der Waals surface area contributed by atoms with Gasteiger partial charge in [-0.25, -0.2) is 4.31 Å². The third kappa shape index (κ3) is 2.99. The summed E-state index contributed by atoms with van der Waals surface area (Å²) in [7, 11) is 3.07. The molecule has 1 heterocycles. The van der Waals surface area contributed by atoms with E-state index in [1.54, 1.807) is 25.3 Å². The molecular weight excluding hydrogens is 270 g/mol. The molecule has 6 nitrogen and oxygen atoms in total. The number of ether oxygens (including phenoxy) is 3. The molecule has 1 aromatic carbocycles. The molecule has 1 aromatic rings. The van der Waals surface area contributed by atoms with Gasteiger partial charge in [-0.15, -0.1) is 0 Å². The highest BCUT2D eigenvalue weighted by molar-refractivity contribution is 7.98. The molecule has 0 aliphatic carbocycles. The standard InChI is InChI=1S/C12H13NO5S/c1-16-8-3-4-9(17-2)10(5-8)19-13-11(14)6-18-7-12(13)15/h3-5H,6-7H2,1-2H3. The van der Waals surface area contributed by atoms with Crippen LogP contribution in [0.3, 0.4) is 0 Å². The van der Waals surface area contributed by atoms with Crippen LogP contribution in [0, 0.1) is 0 Å². The first-order valence-electron chi connectivity index (χ1n) is 5.49. The normalized spacial score (nSPS) is 15.6. The summed E-state index contributed by atoms with van der Waals surface area (Å²) in [6.45, 7) is -0.184. The van der Waals surface area contributed by atoms with Crippen LogP contribution in [-0.4, -0.2) is 43.6 Å². The van der Waals surface area contributed by atoms with E-state index in [0.29, 0.717) is 16.4 Å². The lowest BCUT2D eigenvalue weighted by molar-refractivity contribution is -0.150. The number of imide groups is 1. The molecule has 2 amide bonds. The number of rotatable bonds is 4. The van der Waals surface area contributed by atoms with E-state index in [4.69, 9.17) is 14.2 Å². The van der Waals surface area contributed by atoms with Gasteiger partial charge < -0.3 is 14.2 Å². The topological polar surface area (TPSA) is 65.1 Å². The summed E-state index contributed by atoms with van der Waals surface area (Å²) in [5.41, 5.74) is 0.